The zero-order valence-corrected chi connectivity index (χ0v) is 7.82. The molecular formula is C10H11N3O. The third-order valence-corrected chi connectivity index (χ3v) is 2.01. The van der Waals surface area contributed by atoms with E-state index in [1.54, 1.807) is 7.11 Å². The van der Waals surface area contributed by atoms with E-state index in [1.165, 1.54) is 6.20 Å². The minimum atomic E-state index is 0.664. The van der Waals surface area contributed by atoms with Gasteiger partial charge in [-0.3, -0.25) is 0 Å². The zero-order valence-electron chi connectivity index (χ0n) is 7.82. The number of allylic oxidation sites excluding steroid dienone is 1. The van der Waals surface area contributed by atoms with E-state index < -0.39 is 0 Å². The summed E-state index contributed by atoms with van der Waals surface area (Å²) in [6, 6.07) is 3.87. The summed E-state index contributed by atoms with van der Waals surface area (Å²) in [6.45, 7) is 0. The van der Waals surface area contributed by atoms with E-state index in [0.29, 0.717) is 11.5 Å². The van der Waals surface area contributed by atoms with E-state index in [4.69, 9.17) is 10.5 Å². The molecule has 1 aromatic heterocycles. The summed E-state index contributed by atoms with van der Waals surface area (Å²) in [5, 5.41) is 0. The highest BCUT2D eigenvalue weighted by Crippen LogP contribution is 2.20. The van der Waals surface area contributed by atoms with Crippen LogP contribution in [0.25, 0.3) is 0 Å². The zero-order chi connectivity index (χ0) is 9.97. The van der Waals surface area contributed by atoms with Crippen molar-refractivity contribution in [1.29, 1.82) is 0 Å². The number of ether oxygens (including phenoxy) is 1. The maximum Gasteiger partial charge on any atom is 0.148 e. The number of methoxy groups -OCH3 is 1. The molecule has 4 nitrogen and oxygen atoms in total. The number of nitrogens with one attached hydrogen (secondary N) is 1. The molecule has 1 aliphatic rings. The number of hydrogen-bond acceptors (Lipinski definition) is 3. The number of hydrogen-bond donors (Lipinski definition) is 2. The second-order valence-corrected chi connectivity index (χ2v) is 2.85. The molecular weight excluding hydrogens is 178 g/mol. The Morgan fingerprint density at radius 3 is 2.93 bits per heavy atom. The lowest BCUT2D eigenvalue weighted by Crippen LogP contribution is -1.93. The normalized spacial score (nSPS) is 18.2. The fraction of sp³-hybridized carbons (Fsp3) is 0.100. The molecule has 0 saturated carbocycles. The molecule has 0 radical (unpaired) electrons. The van der Waals surface area contributed by atoms with Gasteiger partial charge in [-0.15, -0.1) is 0 Å². The predicted molar refractivity (Wildman–Crippen MR) is 54.7 cm³/mol. The lowest BCUT2D eigenvalue weighted by Gasteiger charge is -1.97. The number of nitrogens with two attached hydrogens (primary N) is 1. The van der Waals surface area contributed by atoms with E-state index in [0.717, 1.165) is 11.4 Å². The van der Waals surface area contributed by atoms with Gasteiger partial charge in [-0.25, -0.2) is 4.99 Å². The number of nitrogens with zero attached hydrogens (tertiary/aromatic N) is 1. The molecule has 0 bridgehead atoms. The molecule has 2 rings (SSSR count). The summed E-state index contributed by atoms with van der Waals surface area (Å²) in [5.74, 6) is 0.692. The van der Waals surface area contributed by atoms with Crippen molar-refractivity contribution in [2.45, 2.75) is 0 Å². The standard InChI is InChI=1S/C10H11N3O/c1-14-10-5-8(13-9(10)6-11)7-3-2-4-12-7/h2-6,12H,11H2,1H3/b9-6-. The first-order chi connectivity index (χ1) is 6.85. The Labute approximate surface area is 81.8 Å². The summed E-state index contributed by atoms with van der Waals surface area (Å²) in [5.41, 5.74) is 7.87. The van der Waals surface area contributed by atoms with Crippen LogP contribution in [0.2, 0.25) is 0 Å². The van der Waals surface area contributed by atoms with Gasteiger partial charge < -0.3 is 15.5 Å². The SMILES string of the molecule is COC1=CC(c2ccc[nH]2)=N/C1=C\N. The van der Waals surface area contributed by atoms with E-state index in [2.05, 4.69) is 9.98 Å². The maximum absolute atomic E-state index is 5.42. The molecule has 0 unspecified atom stereocenters. The number of H-pyrrole nitrogens is 1. The average molecular weight is 189 g/mol. The molecule has 0 aromatic carbocycles. The first kappa shape index (κ1) is 8.62. The van der Waals surface area contributed by atoms with E-state index >= 15 is 0 Å². The second-order valence-electron chi connectivity index (χ2n) is 2.85. The van der Waals surface area contributed by atoms with Crippen molar-refractivity contribution in [1.82, 2.24) is 4.98 Å². The molecule has 1 aliphatic heterocycles. The first-order valence-electron chi connectivity index (χ1n) is 4.25. The summed E-state index contributed by atoms with van der Waals surface area (Å²) in [7, 11) is 1.60. The van der Waals surface area contributed by atoms with Crippen LogP contribution >= 0.6 is 0 Å². The number of aliphatic imine (C=N–C) groups is 1. The highest BCUT2D eigenvalue weighted by Gasteiger charge is 2.15. The van der Waals surface area contributed by atoms with Crippen LogP contribution in [0.1, 0.15) is 5.69 Å². The van der Waals surface area contributed by atoms with Gasteiger partial charge in [0.05, 0.1) is 18.5 Å². The van der Waals surface area contributed by atoms with E-state index in [9.17, 15) is 0 Å². The quantitative estimate of drug-likeness (QED) is 0.733. The second kappa shape index (κ2) is 3.41. The maximum atomic E-state index is 5.42. The molecule has 3 N–H and O–H groups in total. The highest BCUT2D eigenvalue weighted by atomic mass is 16.5. The molecule has 0 fully saturated rings. The minimum absolute atomic E-state index is 0.664. The van der Waals surface area contributed by atoms with Gasteiger partial charge in [0.1, 0.15) is 11.5 Å². The number of aromatic nitrogens is 1. The van der Waals surface area contributed by atoms with Crippen LogP contribution in [0.3, 0.4) is 0 Å². The lowest BCUT2D eigenvalue weighted by molar-refractivity contribution is 0.302. The van der Waals surface area contributed by atoms with Crippen LogP contribution < -0.4 is 5.73 Å². The van der Waals surface area contributed by atoms with Gasteiger partial charge >= 0.3 is 0 Å². The van der Waals surface area contributed by atoms with Crippen LogP contribution in [0, 0.1) is 0 Å². The van der Waals surface area contributed by atoms with Gasteiger partial charge in [0.2, 0.25) is 0 Å². The monoisotopic (exact) mass is 189 g/mol. The van der Waals surface area contributed by atoms with Gasteiger partial charge in [-0.05, 0) is 12.1 Å². The van der Waals surface area contributed by atoms with Crippen LogP contribution in [0.5, 0.6) is 0 Å². The molecule has 14 heavy (non-hydrogen) atoms. The first-order valence-corrected chi connectivity index (χ1v) is 4.25. The summed E-state index contributed by atoms with van der Waals surface area (Å²) >= 11 is 0. The Morgan fingerprint density at radius 1 is 1.57 bits per heavy atom. The smallest absolute Gasteiger partial charge is 0.148 e. The Kier molecular flexibility index (Phi) is 2.10. The third-order valence-electron chi connectivity index (χ3n) is 2.01. The van der Waals surface area contributed by atoms with Crippen LogP contribution in [0.4, 0.5) is 0 Å². The van der Waals surface area contributed by atoms with Crippen LogP contribution in [0.15, 0.2) is 47.1 Å². The van der Waals surface area contributed by atoms with Gasteiger partial charge in [-0.2, -0.15) is 0 Å². The van der Waals surface area contributed by atoms with Crippen LogP contribution in [-0.4, -0.2) is 17.8 Å². The van der Waals surface area contributed by atoms with Crippen LogP contribution in [-0.2, 0) is 4.74 Å². The topological polar surface area (TPSA) is 63.4 Å². The van der Waals surface area contributed by atoms with Crippen molar-refractivity contribution in [2.75, 3.05) is 7.11 Å². The van der Waals surface area contributed by atoms with Gasteiger partial charge in [0, 0.05) is 18.5 Å². The molecule has 0 spiro atoms. The van der Waals surface area contributed by atoms with E-state index in [1.807, 2.05) is 24.4 Å². The summed E-state index contributed by atoms with van der Waals surface area (Å²) in [4.78, 5) is 7.37. The van der Waals surface area contributed by atoms with Crippen molar-refractivity contribution < 1.29 is 4.74 Å². The molecule has 0 amide bonds. The Hall–Kier alpha value is -1.97. The van der Waals surface area contributed by atoms with E-state index in [-0.39, 0.29) is 0 Å². The highest BCUT2D eigenvalue weighted by molar-refractivity contribution is 6.10. The fourth-order valence-electron chi connectivity index (χ4n) is 1.33. The van der Waals surface area contributed by atoms with Gasteiger partial charge in [-0.1, -0.05) is 0 Å². The van der Waals surface area contributed by atoms with Gasteiger partial charge in [0.25, 0.3) is 0 Å². The Morgan fingerprint density at radius 2 is 2.43 bits per heavy atom. The molecule has 2 heterocycles. The molecule has 0 atom stereocenters. The summed E-state index contributed by atoms with van der Waals surface area (Å²) < 4.78 is 5.13. The molecule has 1 aromatic rings. The average Bonchev–Trinajstić information content (AvgIpc) is 2.85. The fourth-order valence-corrected chi connectivity index (χ4v) is 1.33. The molecule has 0 saturated heterocycles. The van der Waals surface area contributed by atoms with Crippen molar-refractivity contribution in [3.8, 4) is 0 Å². The van der Waals surface area contributed by atoms with Crippen molar-refractivity contribution >= 4 is 5.71 Å². The van der Waals surface area contributed by atoms with Crippen molar-refractivity contribution in [2.24, 2.45) is 10.7 Å². The molecule has 72 valence electrons. The minimum Gasteiger partial charge on any atom is -0.494 e. The number of rotatable bonds is 2. The Balaban J connectivity index is 2.37. The largest absolute Gasteiger partial charge is 0.494 e. The molecule has 0 aliphatic carbocycles. The van der Waals surface area contributed by atoms with Crippen molar-refractivity contribution in [3.63, 3.8) is 0 Å². The van der Waals surface area contributed by atoms with Gasteiger partial charge in [0.15, 0.2) is 0 Å². The summed E-state index contributed by atoms with van der Waals surface area (Å²) in [6.07, 6.45) is 5.14. The lowest BCUT2D eigenvalue weighted by atomic mass is 10.2. The number of aromatic amines is 1. The Bertz CT molecular complexity index is 413. The van der Waals surface area contributed by atoms with Crippen molar-refractivity contribution in [3.05, 3.63) is 47.8 Å². The predicted octanol–water partition coefficient (Wildman–Crippen LogP) is 1.15. The molecule has 4 heteroatoms. The third kappa shape index (κ3) is 1.31.